The van der Waals surface area contributed by atoms with E-state index >= 15 is 0 Å². The molecule has 0 amide bonds. The Balaban J connectivity index is 0.00000200. The van der Waals surface area contributed by atoms with Gasteiger partial charge >= 0.3 is 0 Å². The van der Waals surface area contributed by atoms with Gasteiger partial charge in [0.2, 0.25) is 5.88 Å². The molecule has 1 aromatic rings. The monoisotopic (exact) mass is 302 g/mol. The molecule has 7 heteroatoms. The normalized spacial score (nSPS) is 17.8. The molecule has 20 heavy (non-hydrogen) atoms. The molecule has 1 aliphatic rings. The molecule has 114 valence electrons. The van der Waals surface area contributed by atoms with Crippen molar-refractivity contribution in [3.8, 4) is 5.88 Å². The lowest BCUT2D eigenvalue weighted by atomic mass is 10.3. The molecule has 6 nitrogen and oxygen atoms in total. The molecule has 1 N–H and O–H groups in total. The van der Waals surface area contributed by atoms with Crippen molar-refractivity contribution >= 4 is 18.2 Å². The molecular weight excluding hydrogens is 280 g/mol. The summed E-state index contributed by atoms with van der Waals surface area (Å²) in [6, 6.07) is 0.367. The van der Waals surface area contributed by atoms with Gasteiger partial charge in [-0.2, -0.15) is 4.98 Å². The van der Waals surface area contributed by atoms with Gasteiger partial charge in [-0.15, -0.1) is 12.4 Å². The van der Waals surface area contributed by atoms with Crippen LogP contribution in [0, 0.1) is 0 Å². The second kappa shape index (κ2) is 7.61. The number of halogens is 1. The number of methoxy groups -OCH3 is 1. The molecular formula is C13H23ClN4O2. The Morgan fingerprint density at radius 1 is 1.55 bits per heavy atom. The lowest BCUT2D eigenvalue weighted by molar-refractivity contribution is 0.0810. The summed E-state index contributed by atoms with van der Waals surface area (Å²) in [6.45, 7) is 6.18. The van der Waals surface area contributed by atoms with Crippen LogP contribution in [-0.2, 0) is 11.3 Å². The van der Waals surface area contributed by atoms with Gasteiger partial charge in [0.25, 0.3) is 0 Å². The standard InChI is InChI=1S/C13H22N4O2.ClH/c1-9(2)17(3)12-7-15-11-6-14-5-10(8-18-4)19-13(11)16-12;/h7,9-10,14H,5-6,8H2,1-4H3;1H/t10-;/m1./s1. The third kappa shape index (κ3) is 3.94. The minimum absolute atomic E-state index is 0. The highest BCUT2D eigenvalue weighted by Crippen LogP contribution is 2.21. The Labute approximate surface area is 126 Å². The van der Waals surface area contributed by atoms with E-state index in [2.05, 4.69) is 34.0 Å². The summed E-state index contributed by atoms with van der Waals surface area (Å²) >= 11 is 0. The predicted molar refractivity (Wildman–Crippen MR) is 80.8 cm³/mol. The smallest absolute Gasteiger partial charge is 0.239 e. The largest absolute Gasteiger partial charge is 0.469 e. The quantitative estimate of drug-likeness (QED) is 0.903. The Kier molecular flexibility index (Phi) is 6.45. The summed E-state index contributed by atoms with van der Waals surface area (Å²) in [5, 5.41) is 3.29. The summed E-state index contributed by atoms with van der Waals surface area (Å²) in [4.78, 5) is 11.1. The molecule has 0 aliphatic carbocycles. The third-order valence-corrected chi connectivity index (χ3v) is 3.23. The third-order valence-electron chi connectivity index (χ3n) is 3.23. The van der Waals surface area contributed by atoms with Gasteiger partial charge in [0, 0.05) is 33.3 Å². The van der Waals surface area contributed by atoms with Gasteiger partial charge in [-0.3, -0.25) is 4.98 Å². The minimum Gasteiger partial charge on any atom is -0.469 e. The van der Waals surface area contributed by atoms with Crippen molar-refractivity contribution < 1.29 is 9.47 Å². The van der Waals surface area contributed by atoms with Gasteiger partial charge in [-0.1, -0.05) is 0 Å². The number of nitrogens with zero attached hydrogens (tertiary/aromatic N) is 3. The van der Waals surface area contributed by atoms with E-state index in [0.29, 0.717) is 25.1 Å². The van der Waals surface area contributed by atoms with Crippen molar-refractivity contribution in [1.29, 1.82) is 0 Å². The second-order valence-corrected chi connectivity index (χ2v) is 5.01. The molecule has 0 saturated carbocycles. The van der Waals surface area contributed by atoms with Gasteiger partial charge in [0.15, 0.2) is 5.82 Å². The molecule has 0 fully saturated rings. The molecule has 0 saturated heterocycles. The molecule has 1 aliphatic heterocycles. The number of anilines is 1. The van der Waals surface area contributed by atoms with E-state index in [1.165, 1.54) is 0 Å². The summed E-state index contributed by atoms with van der Waals surface area (Å²) in [7, 11) is 3.67. The SMILES string of the molecule is COC[C@H]1CNCc2ncc(N(C)C(C)C)nc2O1.Cl. The number of hydrogen-bond acceptors (Lipinski definition) is 6. The number of nitrogens with one attached hydrogen (secondary N) is 1. The highest BCUT2D eigenvalue weighted by atomic mass is 35.5. The van der Waals surface area contributed by atoms with Crippen LogP contribution in [0.3, 0.4) is 0 Å². The van der Waals surface area contributed by atoms with Crippen LogP contribution in [-0.4, -0.2) is 49.4 Å². The molecule has 0 radical (unpaired) electrons. The van der Waals surface area contributed by atoms with Gasteiger partial charge < -0.3 is 19.7 Å². The minimum atomic E-state index is -0.0276. The van der Waals surface area contributed by atoms with Crippen molar-refractivity contribution in [2.24, 2.45) is 0 Å². The van der Waals surface area contributed by atoms with Crippen LogP contribution in [0.2, 0.25) is 0 Å². The Morgan fingerprint density at radius 3 is 2.95 bits per heavy atom. The summed E-state index contributed by atoms with van der Waals surface area (Å²) in [6.07, 6.45) is 1.76. The average molecular weight is 303 g/mol. The number of aromatic nitrogens is 2. The fraction of sp³-hybridized carbons (Fsp3) is 0.692. The zero-order chi connectivity index (χ0) is 13.8. The van der Waals surface area contributed by atoms with Crippen LogP contribution < -0.4 is 15.0 Å². The molecule has 1 atom stereocenters. The van der Waals surface area contributed by atoms with Gasteiger partial charge in [0.1, 0.15) is 11.8 Å². The summed E-state index contributed by atoms with van der Waals surface area (Å²) < 4.78 is 11.0. The van der Waals surface area contributed by atoms with Crippen molar-refractivity contribution in [1.82, 2.24) is 15.3 Å². The number of fused-ring (bicyclic) bond motifs is 1. The second-order valence-electron chi connectivity index (χ2n) is 5.01. The fourth-order valence-electron chi connectivity index (χ4n) is 1.87. The maximum atomic E-state index is 5.88. The molecule has 2 rings (SSSR count). The van der Waals surface area contributed by atoms with Gasteiger partial charge in [-0.05, 0) is 13.8 Å². The lowest BCUT2D eigenvalue weighted by Gasteiger charge is -2.23. The molecule has 0 aromatic carbocycles. The van der Waals surface area contributed by atoms with Crippen molar-refractivity contribution in [2.75, 3.05) is 32.2 Å². The average Bonchev–Trinajstić information content (AvgIpc) is 2.59. The molecule has 2 heterocycles. The Bertz CT molecular complexity index is 431. The van der Waals surface area contributed by atoms with E-state index in [1.54, 1.807) is 13.3 Å². The first-order chi connectivity index (χ1) is 9.11. The van der Waals surface area contributed by atoms with E-state index in [4.69, 9.17) is 9.47 Å². The van der Waals surface area contributed by atoms with Gasteiger partial charge in [-0.25, -0.2) is 0 Å². The van der Waals surface area contributed by atoms with Crippen molar-refractivity contribution in [2.45, 2.75) is 32.5 Å². The first-order valence-electron chi connectivity index (χ1n) is 6.57. The number of hydrogen-bond donors (Lipinski definition) is 1. The number of rotatable bonds is 4. The summed E-state index contributed by atoms with van der Waals surface area (Å²) in [5.74, 6) is 1.43. The molecule has 0 unspecified atom stereocenters. The van der Waals surface area contributed by atoms with Gasteiger partial charge in [0.05, 0.1) is 12.8 Å². The highest BCUT2D eigenvalue weighted by Gasteiger charge is 2.20. The van der Waals surface area contributed by atoms with E-state index in [9.17, 15) is 0 Å². The van der Waals surface area contributed by atoms with E-state index in [0.717, 1.165) is 18.1 Å². The first-order valence-corrected chi connectivity index (χ1v) is 6.57. The maximum absolute atomic E-state index is 5.88. The zero-order valence-electron chi connectivity index (χ0n) is 12.4. The Hall–Kier alpha value is -1.11. The van der Waals surface area contributed by atoms with Crippen LogP contribution in [0.25, 0.3) is 0 Å². The lowest BCUT2D eigenvalue weighted by Crippen LogP contribution is -2.32. The van der Waals surface area contributed by atoms with Crippen LogP contribution in [0.15, 0.2) is 6.20 Å². The molecule has 0 bridgehead atoms. The van der Waals surface area contributed by atoms with Crippen LogP contribution in [0.4, 0.5) is 5.82 Å². The van der Waals surface area contributed by atoms with Crippen LogP contribution in [0.5, 0.6) is 5.88 Å². The highest BCUT2D eigenvalue weighted by molar-refractivity contribution is 5.85. The topological polar surface area (TPSA) is 59.5 Å². The predicted octanol–water partition coefficient (Wildman–Crippen LogP) is 1.24. The molecule has 1 aromatic heterocycles. The first kappa shape index (κ1) is 16.9. The van der Waals surface area contributed by atoms with Crippen LogP contribution in [0.1, 0.15) is 19.5 Å². The van der Waals surface area contributed by atoms with Crippen molar-refractivity contribution in [3.63, 3.8) is 0 Å². The van der Waals surface area contributed by atoms with Crippen LogP contribution >= 0.6 is 12.4 Å². The zero-order valence-corrected chi connectivity index (χ0v) is 13.2. The van der Waals surface area contributed by atoms with E-state index in [1.807, 2.05) is 7.05 Å². The summed E-state index contributed by atoms with van der Waals surface area (Å²) in [5.41, 5.74) is 0.847. The Morgan fingerprint density at radius 2 is 2.30 bits per heavy atom. The molecule has 0 spiro atoms. The maximum Gasteiger partial charge on any atom is 0.239 e. The van der Waals surface area contributed by atoms with E-state index in [-0.39, 0.29) is 18.5 Å². The van der Waals surface area contributed by atoms with Crippen molar-refractivity contribution in [3.05, 3.63) is 11.9 Å². The number of ether oxygens (including phenoxy) is 2. The van der Waals surface area contributed by atoms with E-state index < -0.39 is 0 Å². The fourth-order valence-corrected chi connectivity index (χ4v) is 1.87.